The van der Waals surface area contributed by atoms with Crippen LogP contribution < -0.4 is 4.90 Å². The molecule has 1 aromatic rings. The number of hydrogen-bond donors (Lipinski definition) is 0. The molecule has 0 aromatic heterocycles. The van der Waals surface area contributed by atoms with Gasteiger partial charge in [0.05, 0.1) is 11.3 Å². The van der Waals surface area contributed by atoms with Crippen molar-refractivity contribution >= 4 is 21.6 Å². The molecule has 0 amide bonds. The van der Waals surface area contributed by atoms with E-state index in [0.717, 1.165) is 41.2 Å². The minimum absolute atomic E-state index is 0.383. The fraction of sp³-hybridized carbons (Fsp3) is 0.611. The summed E-state index contributed by atoms with van der Waals surface area (Å²) in [5.41, 5.74) is 3.46. The number of hydrogen-bond acceptors (Lipinski definition) is 2. The van der Waals surface area contributed by atoms with Crippen LogP contribution in [0.3, 0.4) is 0 Å². The molecule has 1 aliphatic heterocycles. The van der Waals surface area contributed by atoms with Gasteiger partial charge in [0.1, 0.15) is 6.07 Å². The standard InChI is InChI=1S/C18H25BrN2/c1-18(2,3)16-5-4-9-21(10-8-16)17-7-6-14(12-19)11-15(17)13-20/h6-7,11,16H,4-5,8-10,12H2,1-3H3. The summed E-state index contributed by atoms with van der Waals surface area (Å²) in [5.74, 6) is 0.773. The number of halogens is 1. The molecule has 21 heavy (non-hydrogen) atoms. The van der Waals surface area contributed by atoms with E-state index in [1.807, 2.05) is 6.07 Å². The Morgan fingerprint density at radius 3 is 2.67 bits per heavy atom. The Balaban J connectivity index is 2.18. The van der Waals surface area contributed by atoms with Crippen LogP contribution in [0.15, 0.2) is 18.2 Å². The summed E-state index contributed by atoms with van der Waals surface area (Å²) in [6.45, 7) is 9.16. The van der Waals surface area contributed by atoms with Crippen molar-refractivity contribution in [2.24, 2.45) is 11.3 Å². The van der Waals surface area contributed by atoms with Gasteiger partial charge in [-0.2, -0.15) is 5.26 Å². The van der Waals surface area contributed by atoms with Gasteiger partial charge in [-0.25, -0.2) is 0 Å². The van der Waals surface area contributed by atoms with Crippen molar-refractivity contribution < 1.29 is 0 Å². The van der Waals surface area contributed by atoms with Gasteiger partial charge >= 0.3 is 0 Å². The third kappa shape index (κ3) is 4.01. The Hall–Kier alpha value is -1.01. The lowest BCUT2D eigenvalue weighted by Gasteiger charge is -2.30. The van der Waals surface area contributed by atoms with Crippen LogP contribution in [0.4, 0.5) is 5.69 Å². The number of alkyl halides is 1. The highest BCUT2D eigenvalue weighted by molar-refractivity contribution is 9.08. The van der Waals surface area contributed by atoms with Gasteiger partial charge in [-0.1, -0.05) is 42.8 Å². The monoisotopic (exact) mass is 348 g/mol. The average Bonchev–Trinajstić information content (AvgIpc) is 2.72. The molecule has 1 saturated heterocycles. The van der Waals surface area contributed by atoms with Gasteiger partial charge in [0.2, 0.25) is 0 Å². The molecule has 1 atom stereocenters. The van der Waals surface area contributed by atoms with Crippen molar-refractivity contribution in [3.05, 3.63) is 29.3 Å². The van der Waals surface area contributed by atoms with E-state index in [1.54, 1.807) is 0 Å². The predicted molar refractivity (Wildman–Crippen MR) is 92.8 cm³/mol. The molecule has 1 aliphatic rings. The minimum Gasteiger partial charge on any atom is -0.370 e. The molecule has 0 saturated carbocycles. The van der Waals surface area contributed by atoms with E-state index in [1.165, 1.54) is 19.3 Å². The zero-order valence-electron chi connectivity index (χ0n) is 13.3. The Bertz CT molecular complexity index is 525. The smallest absolute Gasteiger partial charge is 0.101 e. The van der Waals surface area contributed by atoms with Gasteiger partial charge in [-0.15, -0.1) is 0 Å². The summed E-state index contributed by atoms with van der Waals surface area (Å²) < 4.78 is 0. The molecule has 0 radical (unpaired) electrons. The van der Waals surface area contributed by atoms with Crippen LogP contribution in [-0.4, -0.2) is 13.1 Å². The normalized spacial score (nSPS) is 20.0. The Labute approximate surface area is 137 Å². The molecule has 0 aliphatic carbocycles. The number of rotatable bonds is 2. The largest absolute Gasteiger partial charge is 0.370 e. The molecular weight excluding hydrogens is 324 g/mol. The summed E-state index contributed by atoms with van der Waals surface area (Å²) >= 11 is 3.46. The first-order valence-corrected chi connectivity index (χ1v) is 8.92. The Morgan fingerprint density at radius 1 is 1.29 bits per heavy atom. The molecule has 2 nitrogen and oxygen atoms in total. The highest BCUT2D eigenvalue weighted by atomic mass is 79.9. The second-order valence-electron chi connectivity index (χ2n) is 7.08. The van der Waals surface area contributed by atoms with E-state index >= 15 is 0 Å². The third-order valence-electron chi connectivity index (χ3n) is 4.63. The van der Waals surface area contributed by atoms with Crippen LogP contribution in [0.1, 0.15) is 51.2 Å². The first-order valence-electron chi connectivity index (χ1n) is 7.79. The molecule has 0 N–H and O–H groups in total. The van der Waals surface area contributed by atoms with E-state index < -0.39 is 0 Å². The van der Waals surface area contributed by atoms with E-state index in [0.29, 0.717) is 5.41 Å². The maximum absolute atomic E-state index is 9.43. The number of nitriles is 1. The predicted octanol–water partition coefficient (Wildman–Crippen LogP) is 5.11. The highest BCUT2D eigenvalue weighted by Gasteiger charge is 2.27. The van der Waals surface area contributed by atoms with E-state index in [2.05, 4.69) is 59.8 Å². The zero-order valence-corrected chi connectivity index (χ0v) is 14.9. The number of anilines is 1. The summed E-state index contributed by atoms with van der Waals surface area (Å²) in [7, 11) is 0. The molecule has 3 heteroatoms. The third-order valence-corrected chi connectivity index (χ3v) is 5.28. The van der Waals surface area contributed by atoms with Crippen LogP contribution in [0.25, 0.3) is 0 Å². The topological polar surface area (TPSA) is 27.0 Å². The van der Waals surface area contributed by atoms with Crippen molar-refractivity contribution in [3.8, 4) is 6.07 Å². The Morgan fingerprint density at radius 2 is 2.05 bits per heavy atom. The van der Waals surface area contributed by atoms with Crippen molar-refractivity contribution in [2.45, 2.75) is 45.4 Å². The SMILES string of the molecule is CC(C)(C)C1CCCN(c2ccc(CBr)cc2C#N)CC1. The lowest BCUT2D eigenvalue weighted by atomic mass is 9.77. The van der Waals surface area contributed by atoms with Crippen LogP contribution in [0.5, 0.6) is 0 Å². The highest BCUT2D eigenvalue weighted by Crippen LogP contribution is 2.35. The zero-order chi connectivity index (χ0) is 15.5. The summed E-state index contributed by atoms with van der Waals surface area (Å²) in [5, 5.41) is 10.2. The lowest BCUT2D eigenvalue weighted by molar-refractivity contribution is 0.220. The Kier molecular flexibility index (Phi) is 5.32. The lowest BCUT2D eigenvalue weighted by Crippen LogP contribution is -2.26. The van der Waals surface area contributed by atoms with E-state index in [-0.39, 0.29) is 0 Å². The van der Waals surface area contributed by atoms with E-state index in [4.69, 9.17) is 0 Å². The second-order valence-corrected chi connectivity index (χ2v) is 7.64. The second kappa shape index (κ2) is 6.83. The number of benzene rings is 1. The first-order chi connectivity index (χ1) is 9.95. The molecule has 1 aromatic carbocycles. The fourth-order valence-corrected chi connectivity index (χ4v) is 3.58. The summed E-state index contributed by atoms with van der Waals surface area (Å²) in [4.78, 5) is 2.41. The molecule has 1 unspecified atom stereocenters. The van der Waals surface area contributed by atoms with Crippen molar-refractivity contribution in [1.82, 2.24) is 0 Å². The van der Waals surface area contributed by atoms with Crippen LogP contribution >= 0.6 is 15.9 Å². The molecule has 114 valence electrons. The fourth-order valence-electron chi connectivity index (χ4n) is 3.23. The maximum atomic E-state index is 9.43. The van der Waals surface area contributed by atoms with Crippen molar-refractivity contribution in [2.75, 3.05) is 18.0 Å². The van der Waals surface area contributed by atoms with Gasteiger partial charge in [-0.05, 0) is 48.3 Å². The quantitative estimate of drug-likeness (QED) is 0.694. The van der Waals surface area contributed by atoms with Crippen LogP contribution in [0, 0.1) is 22.7 Å². The average molecular weight is 349 g/mol. The molecule has 1 heterocycles. The molecule has 1 fully saturated rings. The summed E-state index contributed by atoms with van der Waals surface area (Å²) in [6, 6.07) is 8.62. The van der Waals surface area contributed by atoms with Gasteiger partial charge in [0.15, 0.2) is 0 Å². The van der Waals surface area contributed by atoms with Gasteiger partial charge in [0, 0.05) is 18.4 Å². The van der Waals surface area contributed by atoms with Crippen LogP contribution in [-0.2, 0) is 5.33 Å². The van der Waals surface area contributed by atoms with Gasteiger partial charge in [0.25, 0.3) is 0 Å². The van der Waals surface area contributed by atoms with Crippen molar-refractivity contribution in [3.63, 3.8) is 0 Å². The van der Waals surface area contributed by atoms with Crippen LogP contribution in [0.2, 0.25) is 0 Å². The minimum atomic E-state index is 0.383. The number of nitrogens with zero attached hydrogens (tertiary/aromatic N) is 2. The first kappa shape index (κ1) is 16.4. The summed E-state index contributed by atoms with van der Waals surface area (Å²) in [6.07, 6.45) is 3.73. The maximum Gasteiger partial charge on any atom is 0.101 e. The molecule has 0 spiro atoms. The molecule has 0 bridgehead atoms. The van der Waals surface area contributed by atoms with Gasteiger partial charge in [-0.3, -0.25) is 0 Å². The van der Waals surface area contributed by atoms with Crippen molar-refractivity contribution in [1.29, 1.82) is 5.26 Å². The van der Waals surface area contributed by atoms with E-state index in [9.17, 15) is 5.26 Å². The van der Waals surface area contributed by atoms with Gasteiger partial charge < -0.3 is 4.90 Å². The molecule has 2 rings (SSSR count). The molecular formula is C18H25BrN2.